The van der Waals surface area contributed by atoms with Crippen LogP contribution in [0.4, 0.5) is 24.5 Å². The number of nitrogens with zero attached hydrogens (tertiary/aromatic N) is 3. The molecule has 0 saturated heterocycles. The molecule has 1 amide bonds. The Morgan fingerprint density at radius 2 is 1.67 bits per heavy atom. The fourth-order valence-electron chi connectivity index (χ4n) is 3.53. The molecule has 5 nitrogen and oxygen atoms in total. The third kappa shape index (κ3) is 3.04. The van der Waals surface area contributed by atoms with E-state index in [0.717, 1.165) is 21.8 Å². The molecule has 3 aromatic rings. The Bertz CT molecular complexity index is 1260. The Balaban J connectivity index is 1.98. The van der Waals surface area contributed by atoms with E-state index in [1.165, 1.54) is 30.0 Å². The number of aromatic nitrogens is 1. The predicted molar refractivity (Wildman–Crippen MR) is 107 cm³/mol. The molecule has 0 radical (unpaired) electrons. The van der Waals surface area contributed by atoms with Crippen LogP contribution in [0.3, 0.4) is 0 Å². The second kappa shape index (κ2) is 7.21. The van der Waals surface area contributed by atoms with Crippen molar-refractivity contribution >= 4 is 28.9 Å². The number of carbonyl (C=O) groups excluding carboxylic acids is 1. The van der Waals surface area contributed by atoms with Crippen molar-refractivity contribution in [2.75, 3.05) is 16.6 Å². The number of hydrogen-bond donors (Lipinski definition) is 0. The molecule has 0 atom stereocenters. The molecule has 4 rings (SSSR count). The first kappa shape index (κ1) is 20.0. The fraction of sp³-hybridized carbons (Fsp3) is 0.143. The van der Waals surface area contributed by atoms with Crippen molar-refractivity contribution in [3.63, 3.8) is 0 Å². The molecule has 1 aromatic heterocycles. The normalized spacial score (nSPS) is 13.6. The van der Waals surface area contributed by atoms with Gasteiger partial charge in [0.2, 0.25) is 0 Å². The summed E-state index contributed by atoms with van der Waals surface area (Å²) in [5.74, 6) is -3.51. The van der Waals surface area contributed by atoms with E-state index in [1.54, 1.807) is 19.1 Å². The lowest BCUT2D eigenvalue weighted by atomic mass is 10.1. The Morgan fingerprint density at radius 1 is 0.933 bits per heavy atom. The van der Waals surface area contributed by atoms with Gasteiger partial charge < -0.3 is 4.90 Å². The molecule has 0 fully saturated rings. The summed E-state index contributed by atoms with van der Waals surface area (Å²) in [7, 11) is 0. The maximum absolute atomic E-state index is 14.3. The van der Waals surface area contributed by atoms with Crippen LogP contribution in [0.5, 0.6) is 0 Å². The number of rotatable bonds is 2. The van der Waals surface area contributed by atoms with Gasteiger partial charge in [0.1, 0.15) is 12.5 Å². The van der Waals surface area contributed by atoms with E-state index < -0.39 is 28.9 Å². The van der Waals surface area contributed by atoms with E-state index in [4.69, 9.17) is 11.6 Å². The Morgan fingerprint density at radius 3 is 2.37 bits per heavy atom. The molecule has 0 aliphatic carbocycles. The fourth-order valence-corrected chi connectivity index (χ4v) is 3.69. The number of benzene rings is 2. The minimum absolute atomic E-state index is 0.00664. The number of fused-ring (bicyclic) bond motifs is 1. The summed E-state index contributed by atoms with van der Waals surface area (Å²) in [4.78, 5) is 27.1. The molecule has 9 heteroatoms. The minimum Gasteiger partial charge on any atom is -0.320 e. The summed E-state index contributed by atoms with van der Waals surface area (Å²) in [6, 6.07) is 9.01. The quantitative estimate of drug-likeness (QED) is 0.601. The van der Waals surface area contributed by atoms with Gasteiger partial charge in [-0.2, -0.15) is 0 Å². The summed E-state index contributed by atoms with van der Waals surface area (Å²) in [6.07, 6.45) is 0. The first-order valence-electron chi connectivity index (χ1n) is 8.92. The number of pyridine rings is 1. The van der Waals surface area contributed by atoms with Crippen molar-refractivity contribution in [3.8, 4) is 0 Å². The van der Waals surface area contributed by atoms with Gasteiger partial charge in [-0.3, -0.25) is 9.59 Å². The first-order chi connectivity index (χ1) is 14.2. The highest BCUT2D eigenvalue weighted by Crippen LogP contribution is 2.38. The molecule has 0 bridgehead atoms. The number of amides is 1. The largest absolute Gasteiger partial charge is 0.320 e. The van der Waals surface area contributed by atoms with Gasteiger partial charge in [0.25, 0.3) is 11.5 Å². The molecule has 0 N–H and O–H groups in total. The molecule has 154 valence electrons. The van der Waals surface area contributed by atoms with Gasteiger partial charge in [-0.15, -0.1) is 0 Å². The van der Waals surface area contributed by atoms with Crippen LogP contribution in [0.15, 0.2) is 47.3 Å². The Hall–Kier alpha value is -3.26. The molecule has 1 aliphatic rings. The average Bonchev–Trinajstić information content (AvgIpc) is 2.70. The number of aryl methyl sites for hydroxylation is 1. The highest BCUT2D eigenvalue weighted by molar-refractivity contribution is 6.31. The van der Waals surface area contributed by atoms with E-state index in [2.05, 4.69) is 0 Å². The lowest BCUT2D eigenvalue weighted by Gasteiger charge is -2.39. The van der Waals surface area contributed by atoms with Crippen LogP contribution in [0.25, 0.3) is 0 Å². The zero-order valence-electron chi connectivity index (χ0n) is 15.9. The predicted octanol–water partition coefficient (Wildman–Crippen LogP) is 4.42. The summed E-state index contributed by atoms with van der Waals surface area (Å²) in [6.45, 7) is 2.82. The lowest BCUT2D eigenvalue weighted by Crippen LogP contribution is -2.55. The van der Waals surface area contributed by atoms with Gasteiger partial charge in [0, 0.05) is 23.0 Å². The summed E-state index contributed by atoms with van der Waals surface area (Å²) >= 11 is 5.93. The molecular weight excluding hydrogens is 419 g/mol. The molecule has 0 unspecified atom stereocenters. The molecule has 2 aromatic carbocycles. The minimum atomic E-state index is -1.04. The SMILES string of the molecule is Cc1c(N2CN(n3c(C)cccc3=O)C(=O)c3cc(F)c(Cl)cc32)ccc(F)c1F. The van der Waals surface area contributed by atoms with Crippen LogP contribution in [0.1, 0.15) is 21.6 Å². The van der Waals surface area contributed by atoms with Crippen LogP contribution in [0.2, 0.25) is 5.02 Å². The van der Waals surface area contributed by atoms with Crippen molar-refractivity contribution in [2.45, 2.75) is 13.8 Å². The van der Waals surface area contributed by atoms with Gasteiger partial charge in [0.05, 0.1) is 16.3 Å². The van der Waals surface area contributed by atoms with Crippen LogP contribution in [0, 0.1) is 31.3 Å². The summed E-state index contributed by atoms with van der Waals surface area (Å²) in [5, 5.41) is 0.891. The zero-order chi connectivity index (χ0) is 21.7. The highest BCUT2D eigenvalue weighted by Gasteiger charge is 2.34. The number of anilines is 2. The van der Waals surface area contributed by atoms with Crippen LogP contribution in [-0.4, -0.2) is 17.3 Å². The maximum Gasteiger partial charge on any atom is 0.276 e. The Kier molecular flexibility index (Phi) is 4.82. The van der Waals surface area contributed by atoms with Gasteiger partial charge in [-0.25, -0.2) is 22.9 Å². The van der Waals surface area contributed by atoms with Gasteiger partial charge in [-0.1, -0.05) is 17.7 Å². The van der Waals surface area contributed by atoms with E-state index in [1.807, 2.05) is 0 Å². The van der Waals surface area contributed by atoms with Crippen LogP contribution >= 0.6 is 11.6 Å². The second-order valence-corrected chi connectivity index (χ2v) is 7.29. The smallest absolute Gasteiger partial charge is 0.276 e. The first-order valence-corrected chi connectivity index (χ1v) is 9.30. The standard InChI is InChI=1S/C21H15ClF3N3O2/c1-11-4-3-5-19(29)28(11)27-10-26(17-7-6-15(23)20(25)12(17)2)18-9-14(22)16(24)8-13(18)21(27)30/h3-9H,10H2,1-2H3. The van der Waals surface area contributed by atoms with Crippen molar-refractivity contribution < 1.29 is 18.0 Å². The average molecular weight is 434 g/mol. The number of carbonyl (C=O) groups is 1. The molecule has 1 aliphatic heterocycles. The topological polar surface area (TPSA) is 45.5 Å². The van der Waals surface area contributed by atoms with Crippen LogP contribution in [-0.2, 0) is 0 Å². The lowest BCUT2D eigenvalue weighted by molar-refractivity contribution is 0.0951. The third-order valence-electron chi connectivity index (χ3n) is 5.03. The van der Waals surface area contributed by atoms with Crippen molar-refractivity contribution in [1.82, 2.24) is 4.68 Å². The number of halogens is 4. The van der Waals surface area contributed by atoms with E-state index >= 15 is 0 Å². The summed E-state index contributed by atoms with van der Waals surface area (Å²) in [5.41, 5.74) is 0.393. The van der Waals surface area contributed by atoms with Crippen molar-refractivity contribution in [3.05, 3.63) is 92.1 Å². The molecule has 0 saturated carbocycles. The monoisotopic (exact) mass is 433 g/mol. The summed E-state index contributed by atoms with van der Waals surface area (Å²) < 4.78 is 43.3. The van der Waals surface area contributed by atoms with Crippen molar-refractivity contribution in [2.24, 2.45) is 0 Å². The van der Waals surface area contributed by atoms with Gasteiger partial charge in [0.15, 0.2) is 11.6 Å². The maximum atomic E-state index is 14.3. The third-order valence-corrected chi connectivity index (χ3v) is 5.32. The van der Waals surface area contributed by atoms with E-state index in [-0.39, 0.29) is 34.2 Å². The Labute approximate surface area is 174 Å². The van der Waals surface area contributed by atoms with E-state index in [9.17, 15) is 22.8 Å². The van der Waals surface area contributed by atoms with Gasteiger partial charge >= 0.3 is 0 Å². The van der Waals surface area contributed by atoms with Crippen molar-refractivity contribution in [1.29, 1.82) is 0 Å². The van der Waals surface area contributed by atoms with E-state index in [0.29, 0.717) is 5.69 Å². The number of hydrogen-bond acceptors (Lipinski definition) is 3. The second-order valence-electron chi connectivity index (χ2n) is 6.88. The zero-order valence-corrected chi connectivity index (χ0v) is 16.7. The van der Waals surface area contributed by atoms with Crippen LogP contribution < -0.4 is 15.5 Å². The molecular formula is C21H15ClF3N3O2. The highest BCUT2D eigenvalue weighted by atomic mass is 35.5. The molecule has 0 spiro atoms. The molecule has 30 heavy (non-hydrogen) atoms. The van der Waals surface area contributed by atoms with Gasteiger partial charge in [-0.05, 0) is 44.2 Å². The molecule has 2 heterocycles.